The molecule has 2 aromatic carbocycles. The number of carbonyl (C=O) groups excluding carboxylic acids is 1. The van der Waals surface area contributed by atoms with Gasteiger partial charge in [-0.25, -0.2) is 9.79 Å². The Bertz CT molecular complexity index is 679. The summed E-state index contributed by atoms with van der Waals surface area (Å²) in [5, 5.41) is 0. The third kappa shape index (κ3) is 2.54. The van der Waals surface area contributed by atoms with Crippen LogP contribution in [0.4, 0.5) is 0 Å². The van der Waals surface area contributed by atoms with Crippen LogP contribution in [0.5, 0.6) is 0 Å². The summed E-state index contributed by atoms with van der Waals surface area (Å²) in [4.78, 5) is 17.4. The van der Waals surface area contributed by atoms with Crippen molar-refractivity contribution in [2.45, 2.75) is 31.7 Å². The molecule has 3 nitrogen and oxygen atoms in total. The maximum absolute atomic E-state index is 12.6. The SMILES string of the molecule is CCCC[C@]1(c2ccccc2)N=C(c2ccccc2)OC1=O. The molecule has 0 N–H and O–H groups in total. The molecule has 1 aliphatic rings. The Balaban J connectivity index is 2.05. The number of aliphatic imine (C=N–C) groups is 1. The van der Waals surface area contributed by atoms with Crippen molar-refractivity contribution in [3.63, 3.8) is 0 Å². The first kappa shape index (κ1) is 14.5. The molecule has 0 fully saturated rings. The van der Waals surface area contributed by atoms with Gasteiger partial charge in [-0.3, -0.25) is 0 Å². The second-order valence-electron chi connectivity index (χ2n) is 5.50. The van der Waals surface area contributed by atoms with E-state index in [1.807, 2.05) is 60.7 Å². The summed E-state index contributed by atoms with van der Waals surface area (Å²) >= 11 is 0. The molecular formula is C19H19NO2. The summed E-state index contributed by atoms with van der Waals surface area (Å²) in [6, 6.07) is 19.3. The predicted octanol–water partition coefficient (Wildman–Crippen LogP) is 4.08. The summed E-state index contributed by atoms with van der Waals surface area (Å²) in [6.07, 6.45) is 2.61. The van der Waals surface area contributed by atoms with Crippen LogP contribution in [0.15, 0.2) is 65.7 Å². The van der Waals surface area contributed by atoms with Gasteiger partial charge in [0.1, 0.15) is 0 Å². The molecule has 0 spiro atoms. The Morgan fingerprint density at radius 2 is 1.64 bits per heavy atom. The summed E-state index contributed by atoms with van der Waals surface area (Å²) < 4.78 is 5.53. The van der Waals surface area contributed by atoms with Crippen molar-refractivity contribution in [1.29, 1.82) is 0 Å². The van der Waals surface area contributed by atoms with E-state index in [4.69, 9.17) is 9.73 Å². The van der Waals surface area contributed by atoms with Crippen molar-refractivity contribution in [3.8, 4) is 0 Å². The molecule has 1 heterocycles. The fourth-order valence-electron chi connectivity index (χ4n) is 2.75. The third-order valence-corrected chi connectivity index (χ3v) is 3.98. The van der Waals surface area contributed by atoms with E-state index in [0.29, 0.717) is 12.3 Å². The minimum Gasteiger partial charge on any atom is -0.405 e. The number of ether oxygens (including phenoxy) is 1. The van der Waals surface area contributed by atoms with Gasteiger partial charge in [-0.2, -0.15) is 0 Å². The molecule has 0 saturated carbocycles. The van der Waals surface area contributed by atoms with Gasteiger partial charge in [0.15, 0.2) is 5.54 Å². The molecule has 1 atom stereocenters. The molecule has 0 bridgehead atoms. The largest absolute Gasteiger partial charge is 0.405 e. The van der Waals surface area contributed by atoms with Crippen LogP contribution in [0.1, 0.15) is 37.3 Å². The first-order valence-corrected chi connectivity index (χ1v) is 7.69. The van der Waals surface area contributed by atoms with Crippen LogP contribution >= 0.6 is 0 Å². The van der Waals surface area contributed by atoms with E-state index in [9.17, 15) is 4.79 Å². The summed E-state index contributed by atoms with van der Waals surface area (Å²) in [5.74, 6) is 0.150. The molecule has 1 aliphatic heterocycles. The van der Waals surface area contributed by atoms with E-state index in [0.717, 1.165) is 24.0 Å². The fraction of sp³-hybridized carbons (Fsp3) is 0.263. The lowest BCUT2D eigenvalue weighted by atomic mass is 9.86. The first-order chi connectivity index (χ1) is 10.8. The standard InChI is InChI=1S/C19H19NO2/c1-2-3-14-19(16-12-8-5-9-13-16)18(21)22-17(20-19)15-10-6-4-7-11-15/h4-13H,2-3,14H2,1H3/t19-/m1/s1. The molecule has 3 heteroatoms. The van der Waals surface area contributed by atoms with Gasteiger partial charge in [0.2, 0.25) is 5.90 Å². The number of rotatable bonds is 5. The highest BCUT2D eigenvalue weighted by Crippen LogP contribution is 2.38. The Kier molecular flexibility index (Phi) is 4.05. The van der Waals surface area contributed by atoms with Crippen molar-refractivity contribution in [1.82, 2.24) is 0 Å². The lowest BCUT2D eigenvalue weighted by molar-refractivity contribution is -0.139. The predicted molar refractivity (Wildman–Crippen MR) is 86.7 cm³/mol. The lowest BCUT2D eigenvalue weighted by Gasteiger charge is -2.22. The van der Waals surface area contributed by atoms with Crippen LogP contribution in [0.2, 0.25) is 0 Å². The highest BCUT2D eigenvalue weighted by atomic mass is 16.6. The van der Waals surface area contributed by atoms with E-state index < -0.39 is 5.54 Å². The zero-order valence-electron chi connectivity index (χ0n) is 12.7. The number of carbonyl (C=O) groups is 1. The average molecular weight is 293 g/mol. The smallest absolute Gasteiger partial charge is 0.345 e. The zero-order valence-corrected chi connectivity index (χ0v) is 12.7. The molecule has 0 saturated heterocycles. The van der Waals surface area contributed by atoms with Crippen LogP contribution in [-0.4, -0.2) is 11.9 Å². The van der Waals surface area contributed by atoms with E-state index in [2.05, 4.69) is 6.92 Å². The number of benzene rings is 2. The van der Waals surface area contributed by atoms with Gasteiger partial charge in [-0.05, 0) is 24.1 Å². The molecule has 22 heavy (non-hydrogen) atoms. The normalized spacial score (nSPS) is 20.6. The number of hydrogen-bond acceptors (Lipinski definition) is 3. The lowest BCUT2D eigenvalue weighted by Crippen LogP contribution is -2.31. The number of nitrogens with zero attached hydrogens (tertiary/aromatic N) is 1. The molecule has 3 rings (SSSR count). The molecule has 0 radical (unpaired) electrons. The summed E-state index contributed by atoms with van der Waals surface area (Å²) in [5.41, 5.74) is 0.840. The van der Waals surface area contributed by atoms with Crippen LogP contribution in [0.25, 0.3) is 0 Å². The van der Waals surface area contributed by atoms with Crippen molar-refractivity contribution < 1.29 is 9.53 Å². The topological polar surface area (TPSA) is 38.7 Å². The van der Waals surface area contributed by atoms with Crippen LogP contribution in [0.3, 0.4) is 0 Å². The quantitative estimate of drug-likeness (QED) is 0.779. The van der Waals surface area contributed by atoms with Crippen LogP contribution < -0.4 is 0 Å². The second kappa shape index (κ2) is 6.14. The number of cyclic esters (lactones) is 1. The maximum Gasteiger partial charge on any atom is 0.345 e. The molecule has 0 aliphatic carbocycles. The summed E-state index contributed by atoms with van der Waals surface area (Å²) in [7, 11) is 0. The highest BCUT2D eigenvalue weighted by Gasteiger charge is 2.47. The van der Waals surface area contributed by atoms with Crippen LogP contribution in [0, 0.1) is 0 Å². The second-order valence-corrected chi connectivity index (χ2v) is 5.50. The van der Waals surface area contributed by atoms with Crippen molar-refractivity contribution in [2.24, 2.45) is 4.99 Å². The van der Waals surface area contributed by atoms with Crippen molar-refractivity contribution >= 4 is 11.9 Å². The third-order valence-electron chi connectivity index (χ3n) is 3.98. The number of esters is 1. The Labute approximate surface area is 130 Å². The molecule has 2 aromatic rings. The zero-order chi connectivity index (χ0) is 15.4. The average Bonchev–Trinajstić information content (AvgIpc) is 2.92. The van der Waals surface area contributed by atoms with E-state index in [-0.39, 0.29) is 5.97 Å². The van der Waals surface area contributed by atoms with Gasteiger partial charge >= 0.3 is 5.97 Å². The molecule has 0 unspecified atom stereocenters. The number of unbranched alkanes of at least 4 members (excludes halogenated alkanes) is 1. The Hall–Kier alpha value is -2.42. The monoisotopic (exact) mass is 293 g/mol. The molecule has 0 amide bonds. The first-order valence-electron chi connectivity index (χ1n) is 7.69. The minimum atomic E-state index is -0.900. The van der Waals surface area contributed by atoms with Crippen molar-refractivity contribution in [2.75, 3.05) is 0 Å². The van der Waals surface area contributed by atoms with Crippen LogP contribution in [-0.2, 0) is 15.1 Å². The van der Waals surface area contributed by atoms with E-state index in [1.54, 1.807) is 0 Å². The number of hydrogen-bond donors (Lipinski definition) is 0. The van der Waals surface area contributed by atoms with Gasteiger partial charge < -0.3 is 4.74 Å². The maximum atomic E-state index is 12.6. The van der Waals surface area contributed by atoms with Gasteiger partial charge in [0, 0.05) is 5.56 Å². The van der Waals surface area contributed by atoms with Crippen molar-refractivity contribution in [3.05, 3.63) is 71.8 Å². The molecule has 0 aromatic heterocycles. The van der Waals surface area contributed by atoms with Gasteiger partial charge in [-0.15, -0.1) is 0 Å². The Morgan fingerprint density at radius 3 is 2.27 bits per heavy atom. The van der Waals surface area contributed by atoms with E-state index >= 15 is 0 Å². The van der Waals surface area contributed by atoms with Gasteiger partial charge in [-0.1, -0.05) is 68.3 Å². The fourth-order valence-corrected chi connectivity index (χ4v) is 2.75. The Morgan fingerprint density at radius 1 is 1.00 bits per heavy atom. The van der Waals surface area contributed by atoms with Gasteiger partial charge in [0.05, 0.1) is 0 Å². The van der Waals surface area contributed by atoms with E-state index in [1.165, 1.54) is 0 Å². The molecular weight excluding hydrogens is 274 g/mol. The summed E-state index contributed by atoms with van der Waals surface area (Å²) in [6.45, 7) is 2.11. The highest BCUT2D eigenvalue weighted by molar-refractivity contribution is 6.08. The van der Waals surface area contributed by atoms with Gasteiger partial charge in [0.25, 0.3) is 0 Å². The molecule has 112 valence electrons. The minimum absolute atomic E-state index is 0.272.